The van der Waals surface area contributed by atoms with Crippen LogP contribution in [0.25, 0.3) is 21.0 Å². The van der Waals surface area contributed by atoms with Crippen molar-refractivity contribution in [1.29, 1.82) is 5.26 Å². The van der Waals surface area contributed by atoms with Crippen molar-refractivity contribution in [1.82, 2.24) is 4.98 Å². The summed E-state index contributed by atoms with van der Waals surface area (Å²) in [6.07, 6.45) is 3.36. The summed E-state index contributed by atoms with van der Waals surface area (Å²) in [7, 11) is 0. The van der Waals surface area contributed by atoms with Crippen molar-refractivity contribution in [2.45, 2.75) is 26.2 Å². The lowest BCUT2D eigenvalue weighted by Crippen LogP contribution is -2.12. The third-order valence-electron chi connectivity index (χ3n) is 3.64. The number of H-pyrrole nitrogens is 1. The Morgan fingerprint density at radius 3 is 2.83 bits per heavy atom. The minimum Gasteiger partial charge on any atom is -0.320 e. The number of thiophene rings is 2. The van der Waals surface area contributed by atoms with E-state index in [2.05, 4.69) is 24.0 Å². The third kappa shape index (κ3) is 3.29. The number of nitrogens with zero attached hydrogens (tertiary/aromatic N) is 1. The molecular formula is C18H16N2OS2. The highest BCUT2D eigenvalue weighted by Gasteiger charge is 2.14. The highest BCUT2D eigenvalue weighted by molar-refractivity contribution is 7.15. The molecule has 0 saturated carbocycles. The molecule has 3 rings (SSSR count). The van der Waals surface area contributed by atoms with Crippen LogP contribution in [0.3, 0.4) is 0 Å². The van der Waals surface area contributed by atoms with Gasteiger partial charge in [-0.3, -0.25) is 4.79 Å². The standard InChI is InChI=1S/C18H16N2OS2/c1-2-3-5-12-7-8-16(23-12)13-10-15(17-6-4-9-22-17)20-18(21)14(13)11-19/h4,6-10H,2-3,5H2,1H3,(H,20,21). The number of hydrogen-bond acceptors (Lipinski definition) is 4. The van der Waals surface area contributed by atoms with Gasteiger partial charge in [-0.25, -0.2) is 0 Å². The molecule has 5 heteroatoms. The van der Waals surface area contributed by atoms with Crippen LogP contribution in [0, 0.1) is 11.3 Å². The topological polar surface area (TPSA) is 56.6 Å². The van der Waals surface area contributed by atoms with Gasteiger partial charge in [0.05, 0.1) is 10.6 Å². The number of aryl methyl sites for hydroxylation is 1. The maximum Gasteiger partial charge on any atom is 0.267 e. The second-order valence-electron chi connectivity index (χ2n) is 5.26. The zero-order valence-electron chi connectivity index (χ0n) is 12.8. The normalized spacial score (nSPS) is 10.6. The van der Waals surface area contributed by atoms with Crippen molar-refractivity contribution in [3.63, 3.8) is 0 Å². The molecule has 0 unspecified atom stereocenters. The van der Waals surface area contributed by atoms with Gasteiger partial charge in [-0.1, -0.05) is 19.4 Å². The summed E-state index contributed by atoms with van der Waals surface area (Å²) in [6.45, 7) is 2.17. The number of pyridine rings is 1. The Balaban J connectivity index is 2.08. The lowest BCUT2D eigenvalue weighted by Gasteiger charge is -2.04. The van der Waals surface area contributed by atoms with Crippen LogP contribution in [0.2, 0.25) is 0 Å². The van der Waals surface area contributed by atoms with Crippen LogP contribution in [0.4, 0.5) is 0 Å². The van der Waals surface area contributed by atoms with Gasteiger partial charge in [0.25, 0.3) is 5.56 Å². The van der Waals surface area contributed by atoms with Gasteiger partial charge in [-0.15, -0.1) is 22.7 Å². The highest BCUT2D eigenvalue weighted by atomic mass is 32.1. The molecule has 0 aromatic carbocycles. The minimum atomic E-state index is -0.322. The van der Waals surface area contributed by atoms with Crippen LogP contribution in [0.1, 0.15) is 30.2 Å². The van der Waals surface area contributed by atoms with Crippen molar-refractivity contribution >= 4 is 22.7 Å². The summed E-state index contributed by atoms with van der Waals surface area (Å²) >= 11 is 3.24. The molecule has 0 aliphatic rings. The average Bonchev–Trinajstić information content (AvgIpc) is 3.23. The van der Waals surface area contributed by atoms with E-state index in [-0.39, 0.29) is 11.1 Å². The van der Waals surface area contributed by atoms with Gasteiger partial charge in [0.1, 0.15) is 11.6 Å². The second kappa shape index (κ2) is 6.95. The summed E-state index contributed by atoms with van der Waals surface area (Å²) in [5.74, 6) is 0. The number of rotatable bonds is 5. The number of hydrogen-bond donors (Lipinski definition) is 1. The first-order chi connectivity index (χ1) is 11.2. The van der Waals surface area contributed by atoms with Crippen LogP contribution in [-0.2, 0) is 6.42 Å². The molecule has 3 heterocycles. The van der Waals surface area contributed by atoms with E-state index in [9.17, 15) is 10.1 Å². The van der Waals surface area contributed by atoms with Crippen LogP contribution < -0.4 is 5.56 Å². The molecule has 0 fully saturated rings. The van der Waals surface area contributed by atoms with E-state index in [4.69, 9.17) is 0 Å². The van der Waals surface area contributed by atoms with Gasteiger partial charge in [-0.05, 0) is 42.5 Å². The molecule has 116 valence electrons. The summed E-state index contributed by atoms with van der Waals surface area (Å²) < 4.78 is 0. The molecule has 3 aromatic rings. The Kier molecular flexibility index (Phi) is 4.75. The van der Waals surface area contributed by atoms with E-state index in [1.807, 2.05) is 29.6 Å². The number of nitriles is 1. The molecule has 0 amide bonds. The Morgan fingerprint density at radius 2 is 2.13 bits per heavy atom. The predicted octanol–water partition coefficient (Wildman–Crippen LogP) is 5.05. The van der Waals surface area contributed by atoms with Crippen molar-refractivity contribution in [3.05, 3.63) is 56.5 Å². The molecule has 0 bridgehead atoms. The first kappa shape index (κ1) is 15.7. The Hall–Kier alpha value is -2.16. The number of nitrogens with one attached hydrogen (secondary N) is 1. The summed E-state index contributed by atoms with van der Waals surface area (Å²) in [5, 5.41) is 11.3. The van der Waals surface area contributed by atoms with Crippen LogP contribution in [0.15, 0.2) is 40.5 Å². The predicted molar refractivity (Wildman–Crippen MR) is 97.0 cm³/mol. The lowest BCUT2D eigenvalue weighted by molar-refractivity contribution is 0.804. The van der Waals surface area contributed by atoms with Crippen molar-refractivity contribution < 1.29 is 0 Å². The zero-order valence-corrected chi connectivity index (χ0v) is 14.4. The van der Waals surface area contributed by atoms with Gasteiger partial charge in [0, 0.05) is 15.3 Å². The Bertz CT molecular complexity index is 898. The maximum atomic E-state index is 12.3. The molecule has 23 heavy (non-hydrogen) atoms. The second-order valence-corrected chi connectivity index (χ2v) is 7.38. The van der Waals surface area contributed by atoms with E-state index in [1.54, 1.807) is 22.7 Å². The average molecular weight is 340 g/mol. The molecule has 0 saturated heterocycles. The van der Waals surface area contributed by atoms with Crippen LogP contribution in [-0.4, -0.2) is 4.98 Å². The van der Waals surface area contributed by atoms with E-state index in [0.717, 1.165) is 40.3 Å². The molecule has 0 spiro atoms. The monoisotopic (exact) mass is 340 g/mol. The van der Waals surface area contributed by atoms with E-state index in [1.165, 1.54) is 4.88 Å². The van der Waals surface area contributed by atoms with Gasteiger partial charge < -0.3 is 4.98 Å². The lowest BCUT2D eigenvalue weighted by atomic mass is 10.1. The molecule has 0 aliphatic carbocycles. The van der Waals surface area contributed by atoms with Crippen molar-refractivity contribution in [2.75, 3.05) is 0 Å². The number of unbranched alkanes of at least 4 members (excludes halogenated alkanes) is 1. The summed E-state index contributed by atoms with van der Waals surface area (Å²) in [4.78, 5) is 18.4. The fourth-order valence-corrected chi connectivity index (χ4v) is 4.21. The molecule has 0 atom stereocenters. The first-order valence-corrected chi connectivity index (χ1v) is 9.23. The molecular weight excluding hydrogens is 324 g/mol. The fraction of sp³-hybridized carbons (Fsp3) is 0.222. The summed E-state index contributed by atoms with van der Waals surface area (Å²) in [5.41, 5.74) is 1.36. The molecule has 0 radical (unpaired) electrons. The summed E-state index contributed by atoms with van der Waals surface area (Å²) in [6, 6.07) is 12.0. The number of aromatic amines is 1. The van der Waals surface area contributed by atoms with Gasteiger partial charge in [-0.2, -0.15) is 5.26 Å². The molecule has 1 N–H and O–H groups in total. The van der Waals surface area contributed by atoms with Gasteiger partial charge in [0.2, 0.25) is 0 Å². The Labute approximate surface area is 142 Å². The van der Waals surface area contributed by atoms with Crippen molar-refractivity contribution in [3.8, 4) is 27.1 Å². The minimum absolute atomic E-state index is 0.189. The number of aromatic nitrogens is 1. The highest BCUT2D eigenvalue weighted by Crippen LogP contribution is 2.33. The zero-order chi connectivity index (χ0) is 16.2. The quantitative estimate of drug-likeness (QED) is 0.707. The van der Waals surface area contributed by atoms with Crippen LogP contribution >= 0.6 is 22.7 Å². The van der Waals surface area contributed by atoms with Crippen molar-refractivity contribution in [2.24, 2.45) is 0 Å². The smallest absolute Gasteiger partial charge is 0.267 e. The largest absolute Gasteiger partial charge is 0.320 e. The fourth-order valence-electron chi connectivity index (χ4n) is 2.44. The molecule has 3 nitrogen and oxygen atoms in total. The SMILES string of the molecule is CCCCc1ccc(-c2cc(-c3cccs3)[nH]c(=O)c2C#N)s1. The van der Waals surface area contributed by atoms with E-state index < -0.39 is 0 Å². The Morgan fingerprint density at radius 1 is 1.26 bits per heavy atom. The van der Waals surface area contributed by atoms with Crippen LogP contribution in [0.5, 0.6) is 0 Å². The van der Waals surface area contributed by atoms with Gasteiger partial charge in [0.15, 0.2) is 0 Å². The van der Waals surface area contributed by atoms with E-state index >= 15 is 0 Å². The molecule has 3 aromatic heterocycles. The molecule has 0 aliphatic heterocycles. The maximum absolute atomic E-state index is 12.3. The first-order valence-electron chi connectivity index (χ1n) is 7.53. The van der Waals surface area contributed by atoms with Gasteiger partial charge >= 0.3 is 0 Å². The van der Waals surface area contributed by atoms with E-state index in [0.29, 0.717) is 0 Å². The third-order valence-corrected chi connectivity index (χ3v) is 5.72.